The van der Waals surface area contributed by atoms with Gasteiger partial charge in [-0.25, -0.2) is 0 Å². The van der Waals surface area contributed by atoms with E-state index in [0.717, 1.165) is 19.3 Å². The first kappa shape index (κ1) is 17.4. The molecule has 0 amide bonds. The highest BCUT2D eigenvalue weighted by Crippen LogP contribution is 2.69. The van der Waals surface area contributed by atoms with Gasteiger partial charge in [0.15, 0.2) is 11.6 Å². The van der Waals surface area contributed by atoms with Gasteiger partial charge >= 0.3 is 0 Å². The summed E-state index contributed by atoms with van der Waals surface area (Å²) in [7, 11) is 0. The maximum Gasteiger partial charge on any atom is 0.161 e. The van der Waals surface area contributed by atoms with Crippen LogP contribution < -0.4 is 0 Å². The third-order valence-electron chi connectivity index (χ3n) is 8.95. The van der Waals surface area contributed by atoms with Gasteiger partial charge in [-0.15, -0.1) is 0 Å². The van der Waals surface area contributed by atoms with E-state index >= 15 is 0 Å². The van der Waals surface area contributed by atoms with Gasteiger partial charge in [0.1, 0.15) is 5.60 Å². The summed E-state index contributed by atoms with van der Waals surface area (Å²) in [6.07, 6.45) is 8.66. The highest BCUT2D eigenvalue weighted by molar-refractivity contribution is 5.91. The van der Waals surface area contributed by atoms with Gasteiger partial charge < -0.3 is 10.2 Å². The number of hydrogen-bond acceptors (Lipinski definition) is 4. The summed E-state index contributed by atoms with van der Waals surface area (Å²) in [5.41, 5.74) is -3.25. The van der Waals surface area contributed by atoms with Gasteiger partial charge in [0, 0.05) is 11.8 Å². The van der Waals surface area contributed by atoms with Crippen LogP contribution in [0.4, 0.5) is 0 Å². The molecule has 0 aromatic carbocycles. The van der Waals surface area contributed by atoms with Crippen molar-refractivity contribution in [3.63, 3.8) is 0 Å². The second-order valence-corrected chi connectivity index (χ2v) is 9.57. The minimum absolute atomic E-state index is 0.0647. The lowest BCUT2D eigenvalue weighted by atomic mass is 9.44. The summed E-state index contributed by atoms with van der Waals surface area (Å²) in [6, 6.07) is 0. The molecule has 4 heteroatoms. The van der Waals surface area contributed by atoms with Crippen LogP contribution in [-0.4, -0.2) is 33.0 Å². The van der Waals surface area contributed by atoms with Crippen molar-refractivity contribution in [1.29, 1.82) is 0 Å². The highest BCUT2D eigenvalue weighted by atomic mass is 16.3. The zero-order chi connectivity index (χ0) is 18.3. The van der Waals surface area contributed by atoms with E-state index in [1.807, 2.05) is 6.92 Å². The molecule has 3 saturated carbocycles. The maximum absolute atomic E-state index is 12.2. The van der Waals surface area contributed by atoms with Gasteiger partial charge in [-0.1, -0.05) is 19.9 Å². The molecule has 1 unspecified atom stereocenters. The van der Waals surface area contributed by atoms with E-state index in [1.165, 1.54) is 6.92 Å². The molecule has 0 aromatic rings. The van der Waals surface area contributed by atoms with Crippen molar-refractivity contribution >= 4 is 11.6 Å². The van der Waals surface area contributed by atoms with Crippen molar-refractivity contribution in [3.05, 3.63) is 12.2 Å². The van der Waals surface area contributed by atoms with Crippen LogP contribution in [0.25, 0.3) is 0 Å². The smallest absolute Gasteiger partial charge is 0.161 e. The molecule has 4 aliphatic rings. The second-order valence-electron chi connectivity index (χ2n) is 9.57. The van der Waals surface area contributed by atoms with Crippen molar-refractivity contribution in [2.75, 3.05) is 0 Å². The lowest BCUT2D eigenvalue weighted by Gasteiger charge is -2.62. The van der Waals surface area contributed by atoms with Crippen molar-refractivity contribution in [3.8, 4) is 0 Å². The average Bonchev–Trinajstić information content (AvgIpc) is 2.78. The normalized spacial score (nSPS) is 54.6. The van der Waals surface area contributed by atoms with Gasteiger partial charge in [0.25, 0.3) is 0 Å². The zero-order valence-electron chi connectivity index (χ0n) is 15.5. The predicted octanol–water partition coefficient (Wildman–Crippen LogP) is 2.81. The van der Waals surface area contributed by atoms with E-state index in [9.17, 15) is 19.8 Å². The molecule has 0 radical (unpaired) electrons. The van der Waals surface area contributed by atoms with Gasteiger partial charge in [-0.2, -0.15) is 0 Å². The average molecular weight is 346 g/mol. The van der Waals surface area contributed by atoms with Gasteiger partial charge in [-0.3, -0.25) is 9.59 Å². The van der Waals surface area contributed by atoms with E-state index in [4.69, 9.17) is 0 Å². The van der Waals surface area contributed by atoms with Crippen LogP contribution in [0.3, 0.4) is 0 Å². The van der Waals surface area contributed by atoms with Crippen LogP contribution in [0.5, 0.6) is 0 Å². The Kier molecular flexibility index (Phi) is 3.51. The summed E-state index contributed by atoms with van der Waals surface area (Å²) < 4.78 is 0. The predicted molar refractivity (Wildman–Crippen MR) is 93.7 cm³/mol. The van der Waals surface area contributed by atoms with Crippen molar-refractivity contribution in [2.24, 2.45) is 28.6 Å². The topological polar surface area (TPSA) is 74.6 Å². The molecule has 0 spiro atoms. The largest absolute Gasteiger partial charge is 0.389 e. The highest BCUT2D eigenvalue weighted by Gasteiger charge is 2.72. The van der Waals surface area contributed by atoms with Gasteiger partial charge in [0.2, 0.25) is 0 Å². The van der Waals surface area contributed by atoms with Crippen LogP contribution in [-0.2, 0) is 9.59 Å². The molecule has 3 fully saturated rings. The van der Waals surface area contributed by atoms with Crippen LogP contribution in [0, 0.1) is 28.6 Å². The third kappa shape index (κ3) is 1.90. The fourth-order valence-electron chi connectivity index (χ4n) is 7.19. The second kappa shape index (κ2) is 5.04. The number of allylic oxidation sites excluding steroid dienone is 2. The van der Waals surface area contributed by atoms with Gasteiger partial charge in [0.05, 0.1) is 5.60 Å². The number of fused-ring (bicyclic) bond motifs is 5. The van der Waals surface area contributed by atoms with Crippen molar-refractivity contribution < 1.29 is 19.8 Å². The SMILES string of the molecule is CC(=O)[C@@]1(O)CC[C@@]2(O)[C@@H]3CCC4CC(=O)C=C[C@]4(C)[C@H]3CC[C@@]21C. The summed E-state index contributed by atoms with van der Waals surface area (Å²) >= 11 is 0. The molecule has 138 valence electrons. The number of hydrogen-bond donors (Lipinski definition) is 2. The fourth-order valence-corrected chi connectivity index (χ4v) is 7.19. The molecule has 2 N–H and O–H groups in total. The Bertz CT molecular complexity index is 669. The van der Waals surface area contributed by atoms with Crippen molar-refractivity contribution in [2.45, 2.75) is 76.9 Å². The molecule has 0 aliphatic heterocycles. The lowest BCUT2D eigenvalue weighted by Crippen LogP contribution is -2.66. The van der Waals surface area contributed by atoms with E-state index in [0.29, 0.717) is 37.5 Å². The monoisotopic (exact) mass is 346 g/mol. The number of carbonyl (C=O) groups is 2. The minimum Gasteiger partial charge on any atom is -0.389 e. The Hall–Kier alpha value is -1.00. The molecule has 4 nitrogen and oxygen atoms in total. The Morgan fingerprint density at radius 1 is 1.08 bits per heavy atom. The van der Waals surface area contributed by atoms with Crippen LogP contribution in [0.2, 0.25) is 0 Å². The number of aliphatic hydroxyl groups is 2. The molecule has 7 atom stereocenters. The van der Waals surface area contributed by atoms with E-state index in [2.05, 4.69) is 13.0 Å². The van der Waals surface area contributed by atoms with Crippen LogP contribution in [0.15, 0.2) is 12.2 Å². The zero-order valence-corrected chi connectivity index (χ0v) is 15.5. The van der Waals surface area contributed by atoms with Crippen LogP contribution >= 0.6 is 0 Å². The molecular formula is C21H30O4. The fraction of sp³-hybridized carbons (Fsp3) is 0.810. The Balaban J connectivity index is 1.76. The summed E-state index contributed by atoms with van der Waals surface area (Å²) in [6.45, 7) is 5.62. The van der Waals surface area contributed by atoms with E-state index in [-0.39, 0.29) is 22.9 Å². The quantitative estimate of drug-likeness (QED) is 0.766. The van der Waals surface area contributed by atoms with E-state index in [1.54, 1.807) is 6.08 Å². The molecule has 0 heterocycles. The van der Waals surface area contributed by atoms with Crippen LogP contribution in [0.1, 0.15) is 65.7 Å². The van der Waals surface area contributed by atoms with Gasteiger partial charge in [-0.05, 0) is 74.7 Å². The number of ketones is 2. The summed E-state index contributed by atoms with van der Waals surface area (Å²) in [4.78, 5) is 24.1. The first-order chi connectivity index (χ1) is 11.6. The molecule has 25 heavy (non-hydrogen) atoms. The third-order valence-corrected chi connectivity index (χ3v) is 8.95. The molecule has 4 aliphatic carbocycles. The number of Topliss-reactive ketones (excluding diaryl/α,β-unsaturated/α-hetero) is 1. The first-order valence-electron chi connectivity index (χ1n) is 9.76. The maximum atomic E-state index is 12.2. The first-order valence-corrected chi connectivity index (χ1v) is 9.76. The molecule has 0 bridgehead atoms. The standard InChI is InChI=1S/C21H30O4/c1-13(22)20(24)10-11-21(25)17-5-4-14-12-15(23)6-8-18(14,2)16(17)7-9-19(20,21)3/h6,8,14,16-17,24-25H,4-5,7,9-12H2,1-3H3/t14?,16-,17+,18-,19+,20-,21+/m0/s1. The molecule has 0 saturated heterocycles. The Morgan fingerprint density at radius 3 is 2.48 bits per heavy atom. The number of carbonyl (C=O) groups excluding carboxylic acids is 2. The summed E-state index contributed by atoms with van der Waals surface area (Å²) in [5.74, 6) is 0.744. The molecular weight excluding hydrogens is 316 g/mol. The van der Waals surface area contributed by atoms with E-state index < -0.39 is 16.6 Å². The minimum atomic E-state index is -1.41. The molecule has 0 aromatic heterocycles. The number of rotatable bonds is 1. The lowest BCUT2D eigenvalue weighted by molar-refractivity contribution is -0.222. The summed E-state index contributed by atoms with van der Waals surface area (Å²) in [5, 5.41) is 22.9. The Morgan fingerprint density at radius 2 is 1.80 bits per heavy atom. The Labute approximate surface area is 149 Å². The molecule has 4 rings (SSSR count). The van der Waals surface area contributed by atoms with Crippen molar-refractivity contribution in [1.82, 2.24) is 0 Å².